The fourth-order valence-electron chi connectivity index (χ4n) is 5.16. The summed E-state index contributed by atoms with van der Waals surface area (Å²) >= 11 is 0. The van der Waals surface area contributed by atoms with Gasteiger partial charge in [-0.1, -0.05) is 49.2 Å². The predicted octanol–water partition coefficient (Wildman–Crippen LogP) is 6.23. The predicted molar refractivity (Wildman–Crippen MR) is 141 cm³/mol. The van der Waals surface area contributed by atoms with Crippen LogP contribution in [0.3, 0.4) is 0 Å². The van der Waals surface area contributed by atoms with Crippen molar-refractivity contribution in [2.24, 2.45) is 4.99 Å². The number of halogens is 2. The Morgan fingerprint density at radius 3 is 2.54 bits per heavy atom. The molecule has 0 saturated heterocycles. The fourth-order valence-corrected chi connectivity index (χ4v) is 5.16. The van der Waals surface area contributed by atoms with Gasteiger partial charge in [-0.25, -0.2) is 13.8 Å². The molecule has 1 saturated carbocycles. The maximum atomic E-state index is 13.7. The van der Waals surface area contributed by atoms with E-state index in [0.717, 1.165) is 54.8 Å². The summed E-state index contributed by atoms with van der Waals surface area (Å²) in [7, 11) is 0. The lowest BCUT2D eigenvalue weighted by Crippen LogP contribution is -2.24. The first-order valence-electron chi connectivity index (χ1n) is 12.9. The Balaban J connectivity index is 1.50. The van der Waals surface area contributed by atoms with Gasteiger partial charge in [0.25, 0.3) is 5.91 Å². The quantitative estimate of drug-likeness (QED) is 0.396. The van der Waals surface area contributed by atoms with Crippen LogP contribution >= 0.6 is 0 Å². The summed E-state index contributed by atoms with van der Waals surface area (Å²) < 4.78 is 34.9. The van der Waals surface area contributed by atoms with Crippen molar-refractivity contribution in [2.45, 2.75) is 57.7 Å². The van der Waals surface area contributed by atoms with Crippen molar-refractivity contribution in [1.82, 2.24) is 9.88 Å². The zero-order chi connectivity index (χ0) is 25.8. The molecule has 5 nitrogen and oxygen atoms in total. The number of aromatic nitrogens is 1. The van der Waals surface area contributed by atoms with E-state index in [-0.39, 0.29) is 24.4 Å². The van der Waals surface area contributed by atoms with Gasteiger partial charge in [0.15, 0.2) is 11.6 Å². The third-order valence-corrected chi connectivity index (χ3v) is 6.99. The second-order valence-electron chi connectivity index (χ2n) is 9.81. The van der Waals surface area contributed by atoms with E-state index in [1.165, 1.54) is 6.07 Å². The maximum Gasteiger partial charge on any atom is 0.253 e. The van der Waals surface area contributed by atoms with E-state index in [9.17, 15) is 13.6 Å². The zero-order valence-electron chi connectivity index (χ0n) is 20.9. The van der Waals surface area contributed by atoms with Gasteiger partial charge in [0.1, 0.15) is 6.61 Å². The number of carbonyl (C=O) groups excluding carboxylic acids is 1. The highest BCUT2D eigenvalue weighted by molar-refractivity contribution is 5.97. The normalized spacial score (nSPS) is 17.8. The van der Waals surface area contributed by atoms with Crippen LogP contribution in [-0.4, -0.2) is 29.0 Å². The highest BCUT2D eigenvalue weighted by Gasteiger charge is 2.28. The van der Waals surface area contributed by atoms with Gasteiger partial charge in [-0.2, -0.15) is 0 Å². The second kappa shape index (κ2) is 11.1. The Labute approximate surface area is 215 Å². The second-order valence-corrected chi connectivity index (χ2v) is 9.81. The van der Waals surface area contributed by atoms with Crippen molar-refractivity contribution in [3.05, 3.63) is 100 Å². The number of amides is 1. The minimum absolute atomic E-state index is 0.109. The molecule has 1 aliphatic heterocycles. The summed E-state index contributed by atoms with van der Waals surface area (Å²) in [4.78, 5) is 18.0. The van der Waals surface area contributed by atoms with Gasteiger partial charge in [0.05, 0.1) is 11.6 Å². The number of carbonyl (C=O) groups is 1. The molecule has 1 fully saturated rings. The monoisotopic (exact) mass is 503 g/mol. The molecule has 2 aromatic carbocycles. The summed E-state index contributed by atoms with van der Waals surface area (Å²) in [6, 6.07) is 15.9. The number of rotatable bonds is 8. The Kier molecular flexibility index (Phi) is 7.49. The molecular weight excluding hydrogens is 472 g/mol. The number of aliphatic imine (C=N–C) groups is 1. The van der Waals surface area contributed by atoms with Gasteiger partial charge in [-0.3, -0.25) is 4.79 Å². The van der Waals surface area contributed by atoms with Crippen molar-refractivity contribution < 1.29 is 18.3 Å². The minimum Gasteiger partial charge on any atom is -0.476 e. The zero-order valence-corrected chi connectivity index (χ0v) is 20.9. The summed E-state index contributed by atoms with van der Waals surface area (Å²) in [5, 5.41) is 2.92. The molecule has 2 aliphatic rings. The number of hydrogen-bond acceptors (Lipinski definition) is 3. The molecule has 5 rings (SSSR count). The van der Waals surface area contributed by atoms with Crippen LogP contribution in [0.2, 0.25) is 0 Å². The Morgan fingerprint density at radius 2 is 1.84 bits per heavy atom. The van der Waals surface area contributed by atoms with E-state index in [4.69, 9.17) is 4.74 Å². The average molecular weight is 504 g/mol. The van der Waals surface area contributed by atoms with E-state index in [1.54, 1.807) is 0 Å². The van der Waals surface area contributed by atoms with E-state index >= 15 is 0 Å². The van der Waals surface area contributed by atoms with Crippen LogP contribution in [0, 0.1) is 11.6 Å². The third-order valence-electron chi connectivity index (χ3n) is 6.99. The van der Waals surface area contributed by atoms with Crippen LogP contribution in [0.5, 0.6) is 0 Å². The lowest BCUT2D eigenvalue weighted by molar-refractivity contribution is 0.0949. The minimum atomic E-state index is -0.925. The Bertz CT molecular complexity index is 1320. The van der Waals surface area contributed by atoms with Crippen molar-refractivity contribution in [2.75, 3.05) is 6.61 Å². The number of benzene rings is 2. The molecule has 2 heterocycles. The van der Waals surface area contributed by atoms with Gasteiger partial charge >= 0.3 is 0 Å². The van der Waals surface area contributed by atoms with E-state index < -0.39 is 11.6 Å². The van der Waals surface area contributed by atoms with Crippen molar-refractivity contribution in [1.29, 1.82) is 0 Å². The van der Waals surface area contributed by atoms with Crippen LogP contribution in [0.15, 0.2) is 65.7 Å². The molecule has 37 heavy (non-hydrogen) atoms. The van der Waals surface area contributed by atoms with Gasteiger partial charge < -0.3 is 14.6 Å². The summed E-state index contributed by atoms with van der Waals surface area (Å²) in [6.45, 7) is 3.31. The standard InChI is InChI=1S/C30H31F2N3O2/c1-20-19-37-28(34-20)14-12-24-16-25(30(36)33-17-22-11-13-26(31)27(32)15-22)29(23-9-5-6-10-23)35(24)18-21-7-3-2-4-8-21/h2-4,7-8,11-16,20,23H,5-6,9-10,17-19H2,1H3,(H,33,36)/b14-12+/t20-/m0/s1. The number of ether oxygens (including phenoxy) is 1. The van der Waals surface area contributed by atoms with E-state index in [1.807, 2.05) is 43.3 Å². The molecule has 3 aromatic rings. The van der Waals surface area contributed by atoms with E-state index in [0.29, 0.717) is 30.2 Å². The molecule has 0 unspecified atom stereocenters. The van der Waals surface area contributed by atoms with Crippen LogP contribution in [0.1, 0.15) is 71.4 Å². The van der Waals surface area contributed by atoms with Gasteiger partial charge in [-0.15, -0.1) is 0 Å². The van der Waals surface area contributed by atoms with Crippen LogP contribution in [0.4, 0.5) is 8.78 Å². The SMILES string of the molecule is C[C@H]1COC(/C=C/c2cc(C(=O)NCc3ccc(F)c(F)c3)c(C3CCCC3)n2Cc2ccccc2)=N1. The molecular formula is C30H31F2N3O2. The summed E-state index contributed by atoms with van der Waals surface area (Å²) in [5.74, 6) is -1.19. The topological polar surface area (TPSA) is 55.6 Å². The highest BCUT2D eigenvalue weighted by atomic mass is 19.2. The largest absolute Gasteiger partial charge is 0.476 e. The van der Waals surface area contributed by atoms with Crippen LogP contribution in [-0.2, 0) is 17.8 Å². The summed E-state index contributed by atoms with van der Waals surface area (Å²) in [6.07, 6.45) is 8.14. The van der Waals surface area contributed by atoms with Crippen molar-refractivity contribution in [3.8, 4) is 0 Å². The highest BCUT2D eigenvalue weighted by Crippen LogP contribution is 2.38. The molecule has 1 aromatic heterocycles. The smallest absolute Gasteiger partial charge is 0.253 e. The van der Waals surface area contributed by atoms with Crippen LogP contribution < -0.4 is 5.32 Å². The maximum absolute atomic E-state index is 13.7. The molecule has 0 radical (unpaired) electrons. The number of nitrogens with zero attached hydrogens (tertiary/aromatic N) is 2. The molecule has 7 heteroatoms. The molecule has 1 atom stereocenters. The lowest BCUT2D eigenvalue weighted by atomic mass is 9.99. The number of nitrogens with one attached hydrogen (secondary N) is 1. The van der Waals surface area contributed by atoms with Gasteiger partial charge in [0.2, 0.25) is 5.90 Å². The summed E-state index contributed by atoms with van der Waals surface area (Å²) in [5.41, 5.74) is 4.18. The molecule has 1 amide bonds. The van der Waals surface area contributed by atoms with E-state index in [2.05, 4.69) is 27.0 Å². The van der Waals surface area contributed by atoms with Gasteiger partial charge in [-0.05, 0) is 55.2 Å². The Morgan fingerprint density at radius 1 is 1.05 bits per heavy atom. The average Bonchev–Trinajstić information content (AvgIpc) is 3.64. The molecule has 1 N–H and O–H groups in total. The molecule has 0 bridgehead atoms. The fraction of sp³-hybridized carbons (Fsp3) is 0.333. The van der Waals surface area contributed by atoms with Crippen molar-refractivity contribution in [3.63, 3.8) is 0 Å². The molecule has 1 aliphatic carbocycles. The number of hydrogen-bond donors (Lipinski definition) is 1. The Hall–Kier alpha value is -3.74. The first kappa shape index (κ1) is 24.9. The lowest BCUT2D eigenvalue weighted by Gasteiger charge is -2.18. The van der Waals surface area contributed by atoms with Crippen LogP contribution in [0.25, 0.3) is 6.08 Å². The van der Waals surface area contributed by atoms with Gasteiger partial charge in [0, 0.05) is 36.5 Å². The molecule has 192 valence electrons. The first-order chi connectivity index (χ1) is 18.0. The third kappa shape index (κ3) is 5.82. The molecule has 0 spiro atoms. The first-order valence-corrected chi connectivity index (χ1v) is 12.9. The van der Waals surface area contributed by atoms with Crippen molar-refractivity contribution >= 4 is 17.9 Å².